The van der Waals surface area contributed by atoms with Crippen LogP contribution in [0.5, 0.6) is 0 Å². The van der Waals surface area contributed by atoms with Crippen molar-refractivity contribution in [1.82, 2.24) is 5.32 Å². The molecule has 1 amide bonds. The van der Waals surface area contributed by atoms with E-state index in [4.69, 9.17) is 0 Å². The fourth-order valence-electron chi connectivity index (χ4n) is 2.63. The molecule has 0 bridgehead atoms. The molecule has 4 heteroatoms. The van der Waals surface area contributed by atoms with Crippen LogP contribution in [0.2, 0.25) is 0 Å². The van der Waals surface area contributed by atoms with Gasteiger partial charge in [-0.2, -0.15) is 0 Å². The van der Waals surface area contributed by atoms with E-state index in [2.05, 4.69) is 38.7 Å². The number of anilines is 1. The Balaban J connectivity index is 1.72. The first-order chi connectivity index (χ1) is 10.1. The van der Waals surface area contributed by atoms with Crippen molar-refractivity contribution in [3.8, 4) is 0 Å². The first-order valence-corrected chi connectivity index (χ1v) is 7.80. The number of halogens is 1. The third-order valence-electron chi connectivity index (χ3n) is 3.84. The lowest BCUT2D eigenvalue weighted by Crippen LogP contribution is -2.44. The molecule has 0 spiro atoms. The molecular weight excluding hydrogens is 328 g/mol. The minimum absolute atomic E-state index is 0.0231. The summed E-state index contributed by atoms with van der Waals surface area (Å²) in [5.41, 5.74) is 4.45. The first kappa shape index (κ1) is 14.3. The lowest BCUT2D eigenvalue weighted by atomic mass is 9.95. The van der Waals surface area contributed by atoms with Crippen molar-refractivity contribution in [2.75, 3.05) is 5.32 Å². The summed E-state index contributed by atoms with van der Waals surface area (Å²) in [5, 5.41) is 6.32. The zero-order valence-corrected chi connectivity index (χ0v) is 13.4. The molecule has 108 valence electrons. The van der Waals surface area contributed by atoms with Gasteiger partial charge < -0.3 is 10.6 Å². The van der Waals surface area contributed by atoms with Crippen LogP contribution in [0.3, 0.4) is 0 Å². The van der Waals surface area contributed by atoms with Crippen molar-refractivity contribution in [1.29, 1.82) is 0 Å². The van der Waals surface area contributed by atoms with E-state index >= 15 is 0 Å². The summed E-state index contributed by atoms with van der Waals surface area (Å²) in [6.45, 7) is 2.73. The van der Waals surface area contributed by atoms with Crippen LogP contribution in [-0.2, 0) is 17.8 Å². The molecule has 3 rings (SSSR count). The first-order valence-electron chi connectivity index (χ1n) is 7.00. The zero-order chi connectivity index (χ0) is 14.8. The third-order valence-corrected chi connectivity index (χ3v) is 4.34. The van der Waals surface area contributed by atoms with Crippen LogP contribution < -0.4 is 10.6 Å². The number of benzene rings is 2. The van der Waals surface area contributed by atoms with Gasteiger partial charge in [0.15, 0.2) is 0 Å². The van der Waals surface area contributed by atoms with E-state index < -0.39 is 0 Å². The van der Waals surface area contributed by atoms with Crippen molar-refractivity contribution >= 4 is 27.5 Å². The fourth-order valence-corrected chi connectivity index (χ4v) is 3.10. The highest BCUT2D eigenvalue weighted by Gasteiger charge is 2.24. The van der Waals surface area contributed by atoms with Gasteiger partial charge >= 0.3 is 0 Å². The van der Waals surface area contributed by atoms with Crippen molar-refractivity contribution in [3.63, 3.8) is 0 Å². The third kappa shape index (κ3) is 3.17. The number of amides is 1. The summed E-state index contributed by atoms with van der Waals surface area (Å²) in [6.07, 6.45) is 0.734. The van der Waals surface area contributed by atoms with E-state index in [1.807, 2.05) is 37.3 Å². The molecule has 3 nitrogen and oxygen atoms in total. The maximum atomic E-state index is 12.4. The largest absolute Gasteiger partial charge is 0.324 e. The average Bonchev–Trinajstić information content (AvgIpc) is 2.49. The predicted octanol–water partition coefficient (Wildman–Crippen LogP) is 3.41. The number of carbonyl (C=O) groups is 1. The highest BCUT2D eigenvalue weighted by molar-refractivity contribution is 9.10. The number of carbonyl (C=O) groups excluding carboxylic acids is 1. The van der Waals surface area contributed by atoms with Gasteiger partial charge in [0.25, 0.3) is 0 Å². The lowest BCUT2D eigenvalue weighted by molar-refractivity contribution is -0.118. The Hall–Kier alpha value is -1.65. The summed E-state index contributed by atoms with van der Waals surface area (Å²) in [6, 6.07) is 13.9. The van der Waals surface area contributed by atoms with Gasteiger partial charge in [-0.1, -0.05) is 40.2 Å². The second-order valence-corrected chi connectivity index (χ2v) is 6.27. The van der Waals surface area contributed by atoms with E-state index in [-0.39, 0.29) is 11.9 Å². The molecule has 0 saturated carbocycles. The molecule has 1 atom stereocenters. The second kappa shape index (κ2) is 6.00. The van der Waals surface area contributed by atoms with Gasteiger partial charge in [0.05, 0.1) is 6.04 Å². The minimum atomic E-state index is -0.178. The monoisotopic (exact) mass is 344 g/mol. The normalized spacial score (nSPS) is 17.1. The molecule has 2 N–H and O–H groups in total. The van der Waals surface area contributed by atoms with Crippen LogP contribution >= 0.6 is 15.9 Å². The van der Waals surface area contributed by atoms with Crippen LogP contribution in [0, 0.1) is 6.92 Å². The molecule has 0 saturated heterocycles. The number of fused-ring (bicyclic) bond motifs is 1. The number of hydrogen-bond donors (Lipinski definition) is 2. The van der Waals surface area contributed by atoms with Crippen molar-refractivity contribution in [2.45, 2.75) is 25.9 Å². The van der Waals surface area contributed by atoms with Crippen molar-refractivity contribution in [2.24, 2.45) is 0 Å². The van der Waals surface area contributed by atoms with Gasteiger partial charge in [0.2, 0.25) is 5.91 Å². The van der Waals surface area contributed by atoms with Gasteiger partial charge in [0.1, 0.15) is 0 Å². The molecule has 1 aliphatic heterocycles. The predicted molar refractivity (Wildman–Crippen MR) is 88.3 cm³/mol. The van der Waals surface area contributed by atoms with Crippen molar-refractivity contribution in [3.05, 3.63) is 63.6 Å². The van der Waals surface area contributed by atoms with Gasteiger partial charge in [-0.05, 0) is 48.2 Å². The topological polar surface area (TPSA) is 41.1 Å². The number of aryl methyl sites for hydroxylation is 1. The Morgan fingerprint density at radius 1 is 1.24 bits per heavy atom. The fraction of sp³-hybridized carbons (Fsp3) is 0.235. The Bertz CT molecular complexity index is 684. The summed E-state index contributed by atoms with van der Waals surface area (Å²) in [4.78, 5) is 12.4. The van der Waals surface area contributed by atoms with E-state index in [0.29, 0.717) is 0 Å². The smallest absolute Gasteiger partial charge is 0.241 e. The molecule has 0 aromatic heterocycles. The molecule has 0 radical (unpaired) electrons. The Labute approximate surface area is 132 Å². The number of nitrogens with one attached hydrogen (secondary N) is 2. The molecule has 0 aliphatic carbocycles. The minimum Gasteiger partial charge on any atom is -0.324 e. The van der Waals surface area contributed by atoms with Crippen LogP contribution in [0.25, 0.3) is 0 Å². The molecular formula is C17H17BrN2O. The van der Waals surface area contributed by atoms with Gasteiger partial charge in [-0.3, -0.25) is 4.79 Å². The summed E-state index contributed by atoms with van der Waals surface area (Å²) < 4.78 is 1.02. The zero-order valence-electron chi connectivity index (χ0n) is 11.8. The molecule has 1 heterocycles. The Morgan fingerprint density at radius 3 is 2.76 bits per heavy atom. The summed E-state index contributed by atoms with van der Waals surface area (Å²) in [5.74, 6) is 0.0231. The highest BCUT2D eigenvalue weighted by Crippen LogP contribution is 2.21. The van der Waals surface area contributed by atoms with E-state index in [1.54, 1.807) is 0 Å². The standard InChI is InChI=1S/C17H17BrN2O/c1-11-8-14(18)6-7-15(11)20-17(21)16-9-12-4-2-3-5-13(12)10-19-16/h2-8,16,19H,9-10H2,1H3,(H,20,21)/t16-/m1/s1. The maximum absolute atomic E-state index is 12.4. The maximum Gasteiger partial charge on any atom is 0.241 e. The van der Waals surface area contributed by atoms with Crippen LogP contribution in [0.4, 0.5) is 5.69 Å². The molecule has 2 aromatic carbocycles. The molecule has 1 aliphatic rings. The molecule has 2 aromatic rings. The van der Waals surface area contributed by atoms with E-state index in [0.717, 1.165) is 28.7 Å². The van der Waals surface area contributed by atoms with Crippen LogP contribution in [-0.4, -0.2) is 11.9 Å². The highest BCUT2D eigenvalue weighted by atomic mass is 79.9. The number of hydrogen-bond acceptors (Lipinski definition) is 2. The van der Waals surface area contributed by atoms with Crippen LogP contribution in [0.1, 0.15) is 16.7 Å². The number of rotatable bonds is 2. The molecule has 0 fully saturated rings. The lowest BCUT2D eigenvalue weighted by Gasteiger charge is -2.25. The summed E-state index contributed by atoms with van der Waals surface area (Å²) >= 11 is 3.43. The van der Waals surface area contributed by atoms with Gasteiger partial charge in [0, 0.05) is 16.7 Å². The van der Waals surface area contributed by atoms with E-state index in [1.165, 1.54) is 11.1 Å². The van der Waals surface area contributed by atoms with Gasteiger partial charge in [-0.25, -0.2) is 0 Å². The Morgan fingerprint density at radius 2 is 2.00 bits per heavy atom. The van der Waals surface area contributed by atoms with Crippen LogP contribution in [0.15, 0.2) is 46.9 Å². The van der Waals surface area contributed by atoms with Crippen molar-refractivity contribution < 1.29 is 4.79 Å². The van der Waals surface area contributed by atoms with E-state index in [9.17, 15) is 4.79 Å². The second-order valence-electron chi connectivity index (χ2n) is 5.35. The Kier molecular flexibility index (Phi) is 4.08. The van der Waals surface area contributed by atoms with Gasteiger partial charge in [-0.15, -0.1) is 0 Å². The molecule has 21 heavy (non-hydrogen) atoms. The SMILES string of the molecule is Cc1cc(Br)ccc1NC(=O)[C@H]1Cc2ccccc2CN1. The molecule has 0 unspecified atom stereocenters. The quantitative estimate of drug-likeness (QED) is 0.876. The average molecular weight is 345 g/mol. The summed E-state index contributed by atoms with van der Waals surface area (Å²) in [7, 11) is 0.